The predicted molar refractivity (Wildman–Crippen MR) is 92.5 cm³/mol. The van der Waals surface area contributed by atoms with Gasteiger partial charge in [-0.15, -0.1) is 0 Å². The van der Waals surface area contributed by atoms with Crippen LogP contribution in [0.15, 0.2) is 48.5 Å². The van der Waals surface area contributed by atoms with Crippen molar-refractivity contribution in [3.05, 3.63) is 65.2 Å². The van der Waals surface area contributed by atoms with Gasteiger partial charge in [0, 0.05) is 31.3 Å². The first-order valence-corrected chi connectivity index (χ1v) is 8.24. The molecule has 3 rings (SSSR count). The lowest BCUT2D eigenvalue weighted by atomic mass is 9.88. The number of ether oxygens (including phenoxy) is 2. The van der Waals surface area contributed by atoms with Gasteiger partial charge in [0.1, 0.15) is 5.75 Å². The lowest BCUT2D eigenvalue weighted by molar-refractivity contribution is 0.0470. The molecule has 3 heteroatoms. The molecule has 0 aliphatic carbocycles. The van der Waals surface area contributed by atoms with Gasteiger partial charge in [-0.05, 0) is 37.5 Å². The fourth-order valence-electron chi connectivity index (χ4n) is 3.56. The Morgan fingerprint density at radius 3 is 2.57 bits per heavy atom. The Morgan fingerprint density at radius 1 is 1.04 bits per heavy atom. The zero-order valence-electron chi connectivity index (χ0n) is 14.2. The predicted octanol–water partition coefficient (Wildman–Crippen LogP) is 4.18. The summed E-state index contributed by atoms with van der Waals surface area (Å²) in [5.41, 5.74) is 4.05. The molecular weight excluding hydrogens is 286 g/mol. The number of fused-ring (bicyclic) bond motifs is 1. The van der Waals surface area contributed by atoms with Crippen molar-refractivity contribution in [2.45, 2.75) is 38.9 Å². The highest BCUT2D eigenvalue weighted by Crippen LogP contribution is 2.39. The topological polar surface area (TPSA) is 21.7 Å². The van der Waals surface area contributed by atoms with Crippen LogP contribution in [0.1, 0.15) is 36.6 Å². The van der Waals surface area contributed by atoms with Gasteiger partial charge in [0.05, 0.1) is 0 Å². The van der Waals surface area contributed by atoms with Crippen LogP contribution in [0.4, 0.5) is 0 Å². The maximum atomic E-state index is 5.81. The second kappa shape index (κ2) is 7.16. The lowest BCUT2D eigenvalue weighted by Gasteiger charge is -2.41. The first kappa shape index (κ1) is 16.0. The summed E-state index contributed by atoms with van der Waals surface area (Å²) in [5.74, 6) is 0.946. The molecule has 1 aliphatic heterocycles. The second-order valence-electron chi connectivity index (χ2n) is 6.27. The normalized spacial score (nSPS) is 21.0. The highest BCUT2D eigenvalue weighted by Gasteiger charge is 2.31. The van der Waals surface area contributed by atoms with E-state index in [0.29, 0.717) is 12.1 Å². The zero-order chi connectivity index (χ0) is 16.2. The fraction of sp³-hybridized carbons (Fsp3) is 0.400. The monoisotopic (exact) mass is 311 g/mol. The summed E-state index contributed by atoms with van der Waals surface area (Å²) in [7, 11) is 1.66. The van der Waals surface area contributed by atoms with Gasteiger partial charge in [-0.1, -0.05) is 42.5 Å². The molecule has 0 spiro atoms. The third-order valence-electron chi connectivity index (χ3n) is 4.69. The van der Waals surface area contributed by atoms with Crippen LogP contribution < -0.4 is 4.74 Å². The molecular formula is C20H25NO2. The van der Waals surface area contributed by atoms with Crippen molar-refractivity contribution in [2.24, 2.45) is 0 Å². The molecule has 1 heterocycles. The molecule has 0 bridgehead atoms. The molecule has 122 valence electrons. The highest BCUT2D eigenvalue weighted by atomic mass is 16.7. The Hall–Kier alpha value is -1.84. The Bertz CT molecular complexity index is 641. The van der Waals surface area contributed by atoms with E-state index in [9.17, 15) is 0 Å². The summed E-state index contributed by atoms with van der Waals surface area (Å²) in [6, 6.07) is 17.9. The van der Waals surface area contributed by atoms with Gasteiger partial charge in [0.2, 0.25) is 0 Å². The van der Waals surface area contributed by atoms with Crippen molar-refractivity contribution < 1.29 is 9.47 Å². The molecule has 23 heavy (non-hydrogen) atoms. The smallest absolute Gasteiger partial charge is 0.188 e. The van der Waals surface area contributed by atoms with Crippen LogP contribution in [-0.2, 0) is 17.7 Å². The van der Waals surface area contributed by atoms with Gasteiger partial charge >= 0.3 is 0 Å². The van der Waals surface area contributed by atoms with Crippen molar-refractivity contribution in [2.75, 3.05) is 13.9 Å². The molecule has 0 fully saturated rings. The Labute approximate surface area is 138 Å². The number of rotatable bonds is 5. The maximum absolute atomic E-state index is 5.81. The Kier molecular flexibility index (Phi) is 4.99. The van der Waals surface area contributed by atoms with E-state index in [-0.39, 0.29) is 6.79 Å². The summed E-state index contributed by atoms with van der Waals surface area (Å²) in [6.45, 7) is 5.83. The van der Waals surface area contributed by atoms with Crippen LogP contribution in [0.2, 0.25) is 0 Å². The fourth-order valence-corrected chi connectivity index (χ4v) is 3.56. The SMILES string of the molecule is COCOc1cccc2c1[C@@H](C)N(Cc1ccccc1)[C@H](C)C2. The zero-order valence-corrected chi connectivity index (χ0v) is 14.2. The van der Waals surface area contributed by atoms with E-state index in [0.717, 1.165) is 18.7 Å². The van der Waals surface area contributed by atoms with E-state index in [4.69, 9.17) is 9.47 Å². The minimum absolute atomic E-state index is 0.289. The van der Waals surface area contributed by atoms with Gasteiger partial charge in [0.25, 0.3) is 0 Å². The third kappa shape index (κ3) is 3.41. The molecule has 3 nitrogen and oxygen atoms in total. The van der Waals surface area contributed by atoms with Crippen LogP contribution in [0.3, 0.4) is 0 Å². The summed E-state index contributed by atoms with van der Waals surface area (Å²) >= 11 is 0. The van der Waals surface area contributed by atoms with E-state index in [1.165, 1.54) is 16.7 Å². The van der Waals surface area contributed by atoms with Crippen LogP contribution in [0, 0.1) is 0 Å². The van der Waals surface area contributed by atoms with Crippen LogP contribution in [0.5, 0.6) is 5.75 Å². The second-order valence-corrected chi connectivity index (χ2v) is 6.27. The lowest BCUT2D eigenvalue weighted by Crippen LogP contribution is -2.40. The van der Waals surface area contributed by atoms with Crippen molar-refractivity contribution in [1.29, 1.82) is 0 Å². The number of hydrogen-bond donors (Lipinski definition) is 0. The molecule has 0 saturated heterocycles. The summed E-state index contributed by atoms with van der Waals surface area (Å²) < 4.78 is 10.9. The average Bonchev–Trinajstić information content (AvgIpc) is 2.57. The largest absolute Gasteiger partial charge is 0.467 e. The van der Waals surface area contributed by atoms with Crippen molar-refractivity contribution in [3.63, 3.8) is 0 Å². The highest BCUT2D eigenvalue weighted by molar-refractivity contribution is 5.44. The van der Waals surface area contributed by atoms with Crippen LogP contribution >= 0.6 is 0 Å². The molecule has 0 aromatic heterocycles. The molecule has 0 amide bonds. The molecule has 2 atom stereocenters. The number of nitrogens with zero attached hydrogens (tertiary/aromatic N) is 1. The Morgan fingerprint density at radius 2 is 1.83 bits per heavy atom. The molecule has 0 unspecified atom stereocenters. The molecule has 1 aliphatic rings. The number of benzene rings is 2. The van der Waals surface area contributed by atoms with E-state index in [1.807, 2.05) is 6.07 Å². The van der Waals surface area contributed by atoms with Gasteiger partial charge < -0.3 is 9.47 Å². The third-order valence-corrected chi connectivity index (χ3v) is 4.69. The summed E-state index contributed by atoms with van der Waals surface area (Å²) in [4.78, 5) is 2.55. The van der Waals surface area contributed by atoms with E-state index in [1.54, 1.807) is 7.11 Å². The van der Waals surface area contributed by atoms with Crippen molar-refractivity contribution in [3.8, 4) is 5.75 Å². The molecule has 0 N–H and O–H groups in total. The van der Waals surface area contributed by atoms with Crippen molar-refractivity contribution >= 4 is 0 Å². The first-order valence-electron chi connectivity index (χ1n) is 8.24. The Balaban J connectivity index is 1.89. The van der Waals surface area contributed by atoms with Gasteiger partial charge in [-0.3, -0.25) is 4.90 Å². The van der Waals surface area contributed by atoms with E-state index in [2.05, 4.69) is 61.2 Å². The van der Waals surface area contributed by atoms with Crippen LogP contribution in [0.25, 0.3) is 0 Å². The molecule has 0 saturated carbocycles. The molecule has 0 radical (unpaired) electrons. The summed E-state index contributed by atoms with van der Waals surface area (Å²) in [6.07, 6.45) is 1.05. The number of methoxy groups -OCH3 is 1. The number of hydrogen-bond acceptors (Lipinski definition) is 3. The van der Waals surface area contributed by atoms with E-state index < -0.39 is 0 Å². The van der Waals surface area contributed by atoms with Crippen LogP contribution in [-0.4, -0.2) is 24.8 Å². The van der Waals surface area contributed by atoms with Gasteiger partial charge in [-0.25, -0.2) is 0 Å². The van der Waals surface area contributed by atoms with Crippen molar-refractivity contribution in [1.82, 2.24) is 4.90 Å². The van der Waals surface area contributed by atoms with Gasteiger partial charge in [0.15, 0.2) is 6.79 Å². The quantitative estimate of drug-likeness (QED) is 0.773. The first-order chi connectivity index (χ1) is 11.2. The minimum atomic E-state index is 0.289. The van der Waals surface area contributed by atoms with Gasteiger partial charge in [-0.2, -0.15) is 0 Å². The molecule has 2 aromatic rings. The maximum Gasteiger partial charge on any atom is 0.188 e. The summed E-state index contributed by atoms with van der Waals surface area (Å²) in [5, 5.41) is 0. The average molecular weight is 311 g/mol. The minimum Gasteiger partial charge on any atom is -0.467 e. The van der Waals surface area contributed by atoms with E-state index >= 15 is 0 Å². The molecule has 2 aromatic carbocycles. The standard InChI is InChI=1S/C20H25NO2/c1-15-12-18-10-7-11-19(23-14-22-3)20(18)16(2)21(15)13-17-8-5-4-6-9-17/h4-11,15-16H,12-14H2,1-3H3/t15-,16-/m1/s1.